The molecule has 0 radical (unpaired) electrons. The molecular formula is C15H17N3O. The van der Waals surface area contributed by atoms with Gasteiger partial charge in [-0.1, -0.05) is 25.5 Å². The van der Waals surface area contributed by atoms with E-state index in [1.165, 1.54) is 6.08 Å². The molecule has 2 aromatic rings. The molecule has 0 atom stereocenters. The molecule has 4 heteroatoms. The topological polar surface area (TPSA) is 54.9 Å². The van der Waals surface area contributed by atoms with E-state index in [1.54, 1.807) is 12.3 Å². The van der Waals surface area contributed by atoms with Crippen LogP contribution >= 0.6 is 0 Å². The Balaban J connectivity index is 2.02. The lowest BCUT2D eigenvalue weighted by molar-refractivity contribution is -0.116. The van der Waals surface area contributed by atoms with Gasteiger partial charge in [0.05, 0.1) is 22.9 Å². The molecule has 1 aromatic carbocycles. The summed E-state index contributed by atoms with van der Waals surface area (Å²) in [5.74, 6) is -0.0941. The number of nitrogens with one attached hydrogen (secondary N) is 1. The average molecular weight is 255 g/mol. The van der Waals surface area contributed by atoms with Crippen LogP contribution in [0.25, 0.3) is 17.1 Å². The van der Waals surface area contributed by atoms with Gasteiger partial charge >= 0.3 is 0 Å². The summed E-state index contributed by atoms with van der Waals surface area (Å²) in [6.45, 7) is 2.80. The molecule has 4 nitrogen and oxygen atoms in total. The van der Waals surface area contributed by atoms with Crippen molar-refractivity contribution in [3.05, 3.63) is 42.2 Å². The third-order valence-corrected chi connectivity index (χ3v) is 2.70. The van der Waals surface area contributed by atoms with Crippen molar-refractivity contribution in [1.82, 2.24) is 15.3 Å². The Morgan fingerprint density at radius 2 is 2.11 bits per heavy atom. The molecule has 19 heavy (non-hydrogen) atoms. The molecule has 2 rings (SSSR count). The highest BCUT2D eigenvalue weighted by atomic mass is 16.1. The molecule has 0 aliphatic rings. The zero-order valence-electron chi connectivity index (χ0n) is 11.0. The first-order valence-electron chi connectivity index (χ1n) is 6.47. The van der Waals surface area contributed by atoms with Crippen LogP contribution in [0.15, 0.2) is 36.5 Å². The first-order chi connectivity index (χ1) is 9.29. The minimum absolute atomic E-state index is 0.0941. The maximum Gasteiger partial charge on any atom is 0.244 e. The first-order valence-corrected chi connectivity index (χ1v) is 6.47. The van der Waals surface area contributed by atoms with E-state index in [2.05, 4.69) is 22.2 Å². The van der Waals surface area contributed by atoms with Crippen molar-refractivity contribution in [1.29, 1.82) is 0 Å². The lowest BCUT2D eigenvalue weighted by Gasteiger charge is -2.00. The fourth-order valence-electron chi connectivity index (χ4n) is 1.66. The SMILES string of the molecule is CCCCNC(=O)/C=C/c1cnc2ccccc2n1. The Kier molecular flexibility index (Phi) is 4.61. The van der Waals surface area contributed by atoms with Crippen LogP contribution in [0.5, 0.6) is 0 Å². The molecule has 0 bridgehead atoms. The number of nitrogens with zero attached hydrogens (tertiary/aromatic N) is 2. The largest absolute Gasteiger partial charge is 0.353 e. The van der Waals surface area contributed by atoms with Crippen molar-refractivity contribution in [2.75, 3.05) is 6.54 Å². The van der Waals surface area contributed by atoms with Crippen molar-refractivity contribution in [3.8, 4) is 0 Å². The minimum Gasteiger partial charge on any atom is -0.353 e. The second-order valence-electron chi connectivity index (χ2n) is 4.26. The van der Waals surface area contributed by atoms with Gasteiger partial charge < -0.3 is 5.32 Å². The standard InChI is InChI=1S/C15H17N3O/c1-2-3-10-16-15(19)9-8-12-11-17-13-6-4-5-7-14(13)18-12/h4-9,11H,2-3,10H2,1H3,(H,16,19)/b9-8+. The molecule has 0 aliphatic carbocycles. The highest BCUT2D eigenvalue weighted by Crippen LogP contribution is 2.09. The average Bonchev–Trinajstić information content (AvgIpc) is 2.45. The Morgan fingerprint density at radius 1 is 1.32 bits per heavy atom. The molecule has 0 aliphatic heterocycles. The van der Waals surface area contributed by atoms with Crippen LogP contribution in [0.3, 0.4) is 0 Å². The predicted molar refractivity (Wildman–Crippen MR) is 76.5 cm³/mol. The summed E-state index contributed by atoms with van der Waals surface area (Å²) in [4.78, 5) is 20.2. The lowest BCUT2D eigenvalue weighted by Crippen LogP contribution is -2.21. The van der Waals surface area contributed by atoms with Gasteiger partial charge in [0.1, 0.15) is 0 Å². The normalized spacial score (nSPS) is 11.0. The molecule has 0 unspecified atom stereocenters. The van der Waals surface area contributed by atoms with E-state index >= 15 is 0 Å². The lowest BCUT2D eigenvalue weighted by atomic mass is 10.3. The molecule has 0 saturated carbocycles. The van der Waals surface area contributed by atoms with Crippen molar-refractivity contribution < 1.29 is 4.79 Å². The van der Waals surface area contributed by atoms with Crippen LogP contribution in [0, 0.1) is 0 Å². The van der Waals surface area contributed by atoms with Gasteiger partial charge in [0.25, 0.3) is 0 Å². The number of para-hydroxylation sites is 2. The molecule has 1 aromatic heterocycles. The van der Waals surface area contributed by atoms with E-state index in [0.717, 1.165) is 23.9 Å². The number of hydrogen-bond acceptors (Lipinski definition) is 3. The molecule has 0 saturated heterocycles. The summed E-state index contributed by atoms with van der Waals surface area (Å²) in [5.41, 5.74) is 2.37. The molecule has 1 amide bonds. The molecule has 1 N–H and O–H groups in total. The Bertz CT molecular complexity index is 593. The smallest absolute Gasteiger partial charge is 0.244 e. The van der Waals surface area contributed by atoms with Gasteiger partial charge in [-0.3, -0.25) is 9.78 Å². The summed E-state index contributed by atoms with van der Waals surface area (Å²) in [6.07, 6.45) is 6.91. The number of unbranched alkanes of at least 4 members (excludes halogenated alkanes) is 1. The van der Waals surface area contributed by atoms with E-state index in [0.29, 0.717) is 12.2 Å². The van der Waals surface area contributed by atoms with Crippen LogP contribution in [0.1, 0.15) is 25.5 Å². The fourth-order valence-corrected chi connectivity index (χ4v) is 1.66. The summed E-state index contributed by atoms with van der Waals surface area (Å²) in [6, 6.07) is 7.66. The maximum atomic E-state index is 11.5. The van der Waals surface area contributed by atoms with Gasteiger partial charge in [-0.05, 0) is 24.6 Å². The Labute approximate surface area is 112 Å². The summed E-state index contributed by atoms with van der Waals surface area (Å²) in [5, 5.41) is 2.82. The van der Waals surface area contributed by atoms with Gasteiger partial charge in [-0.2, -0.15) is 0 Å². The second kappa shape index (κ2) is 6.64. The molecule has 0 fully saturated rings. The van der Waals surface area contributed by atoms with E-state index in [4.69, 9.17) is 0 Å². The number of amides is 1. The van der Waals surface area contributed by atoms with Crippen molar-refractivity contribution in [3.63, 3.8) is 0 Å². The molecular weight excluding hydrogens is 238 g/mol. The predicted octanol–water partition coefficient (Wildman–Crippen LogP) is 2.56. The number of fused-ring (bicyclic) bond motifs is 1. The van der Waals surface area contributed by atoms with Gasteiger partial charge in [-0.25, -0.2) is 4.98 Å². The number of benzene rings is 1. The van der Waals surface area contributed by atoms with Crippen molar-refractivity contribution in [2.45, 2.75) is 19.8 Å². The fraction of sp³-hybridized carbons (Fsp3) is 0.267. The highest BCUT2D eigenvalue weighted by Gasteiger charge is 1.97. The van der Waals surface area contributed by atoms with Crippen LogP contribution in [-0.2, 0) is 4.79 Å². The number of hydrogen-bond donors (Lipinski definition) is 1. The van der Waals surface area contributed by atoms with Crippen LogP contribution in [0.4, 0.5) is 0 Å². The van der Waals surface area contributed by atoms with E-state index in [9.17, 15) is 4.79 Å². The van der Waals surface area contributed by atoms with Gasteiger partial charge in [-0.15, -0.1) is 0 Å². The van der Waals surface area contributed by atoms with E-state index in [-0.39, 0.29) is 5.91 Å². The number of carbonyl (C=O) groups excluding carboxylic acids is 1. The first kappa shape index (κ1) is 13.2. The van der Waals surface area contributed by atoms with Gasteiger partial charge in [0.2, 0.25) is 5.91 Å². The molecule has 1 heterocycles. The molecule has 0 spiro atoms. The quantitative estimate of drug-likeness (QED) is 0.660. The van der Waals surface area contributed by atoms with Gasteiger partial charge in [0.15, 0.2) is 0 Å². The third-order valence-electron chi connectivity index (χ3n) is 2.70. The molecule has 98 valence electrons. The summed E-state index contributed by atoms with van der Waals surface area (Å²) >= 11 is 0. The van der Waals surface area contributed by atoms with E-state index < -0.39 is 0 Å². The number of carbonyl (C=O) groups is 1. The van der Waals surface area contributed by atoms with Crippen LogP contribution < -0.4 is 5.32 Å². The maximum absolute atomic E-state index is 11.5. The summed E-state index contributed by atoms with van der Waals surface area (Å²) in [7, 11) is 0. The highest BCUT2D eigenvalue weighted by molar-refractivity contribution is 5.91. The zero-order chi connectivity index (χ0) is 13.5. The van der Waals surface area contributed by atoms with E-state index in [1.807, 2.05) is 24.3 Å². The van der Waals surface area contributed by atoms with Crippen LogP contribution in [-0.4, -0.2) is 22.4 Å². The van der Waals surface area contributed by atoms with Crippen molar-refractivity contribution in [2.24, 2.45) is 0 Å². The second-order valence-corrected chi connectivity index (χ2v) is 4.26. The Hall–Kier alpha value is -2.23. The zero-order valence-corrected chi connectivity index (χ0v) is 11.0. The minimum atomic E-state index is -0.0941. The third kappa shape index (κ3) is 3.88. The van der Waals surface area contributed by atoms with Crippen LogP contribution in [0.2, 0.25) is 0 Å². The monoisotopic (exact) mass is 255 g/mol. The van der Waals surface area contributed by atoms with Crippen molar-refractivity contribution >= 4 is 23.0 Å². The Morgan fingerprint density at radius 3 is 2.89 bits per heavy atom. The van der Waals surface area contributed by atoms with Gasteiger partial charge in [0, 0.05) is 12.6 Å². The summed E-state index contributed by atoms with van der Waals surface area (Å²) < 4.78 is 0. The number of aromatic nitrogens is 2. The number of rotatable bonds is 5.